The van der Waals surface area contributed by atoms with Crippen LogP contribution in [0.5, 0.6) is 0 Å². The van der Waals surface area contributed by atoms with Crippen molar-refractivity contribution in [3.63, 3.8) is 0 Å². The normalized spacial score (nSPS) is 15.7. The van der Waals surface area contributed by atoms with Crippen molar-refractivity contribution in [1.82, 2.24) is 24.8 Å². The predicted octanol–water partition coefficient (Wildman–Crippen LogP) is 4.11. The number of aromatic nitrogens is 3. The van der Waals surface area contributed by atoms with Gasteiger partial charge in [-0.1, -0.05) is 6.07 Å². The van der Waals surface area contributed by atoms with Gasteiger partial charge in [0.2, 0.25) is 5.95 Å². The number of anilines is 3. The fourth-order valence-electron chi connectivity index (χ4n) is 4.62. The zero-order chi connectivity index (χ0) is 27.7. The standard InChI is InChI=1S/C28H32FN7O3/c1-28(2,3)39-27(38)36-13-11-35(12-14-36)20-6-8-23(30-16-20)32-26-31-17-22(29)24(33-26)19-5-7-21-18(15-19)9-10-34(4)25(21)37/h5-8,15-17H,9-14H2,1-4H3,(H,30,31,32,33). The Morgan fingerprint density at radius 2 is 1.79 bits per heavy atom. The lowest BCUT2D eigenvalue weighted by Crippen LogP contribution is -2.50. The fraction of sp³-hybridized carbons (Fsp3) is 0.393. The van der Waals surface area contributed by atoms with E-state index in [-0.39, 0.29) is 23.6 Å². The van der Waals surface area contributed by atoms with E-state index in [9.17, 15) is 14.0 Å². The number of nitrogens with zero attached hydrogens (tertiary/aromatic N) is 6. The highest BCUT2D eigenvalue weighted by Crippen LogP contribution is 2.28. The molecule has 39 heavy (non-hydrogen) atoms. The number of halogens is 1. The maximum Gasteiger partial charge on any atom is 0.410 e. The van der Waals surface area contributed by atoms with E-state index in [0.29, 0.717) is 56.1 Å². The number of benzene rings is 1. The molecule has 10 nitrogen and oxygen atoms in total. The minimum Gasteiger partial charge on any atom is -0.444 e. The van der Waals surface area contributed by atoms with Crippen molar-refractivity contribution < 1.29 is 18.7 Å². The Morgan fingerprint density at radius 3 is 2.49 bits per heavy atom. The summed E-state index contributed by atoms with van der Waals surface area (Å²) < 4.78 is 20.2. The highest BCUT2D eigenvalue weighted by Gasteiger charge is 2.26. The number of piperazine rings is 1. The summed E-state index contributed by atoms with van der Waals surface area (Å²) in [4.78, 5) is 43.2. The Hall–Kier alpha value is -4.28. The van der Waals surface area contributed by atoms with Gasteiger partial charge in [0.1, 0.15) is 17.1 Å². The molecule has 2 aliphatic rings. The van der Waals surface area contributed by atoms with Crippen LogP contribution in [0.25, 0.3) is 11.3 Å². The van der Waals surface area contributed by atoms with Crippen LogP contribution in [0.4, 0.5) is 26.6 Å². The molecule has 4 heterocycles. The third-order valence-electron chi connectivity index (χ3n) is 6.70. The van der Waals surface area contributed by atoms with Crippen LogP contribution in [0.2, 0.25) is 0 Å². The van der Waals surface area contributed by atoms with Crippen molar-refractivity contribution in [2.45, 2.75) is 32.8 Å². The zero-order valence-electron chi connectivity index (χ0n) is 22.6. The fourth-order valence-corrected chi connectivity index (χ4v) is 4.62. The Bertz CT molecular complexity index is 1380. The van der Waals surface area contributed by atoms with E-state index >= 15 is 0 Å². The molecule has 2 amide bonds. The first-order valence-electron chi connectivity index (χ1n) is 12.9. The number of carbonyl (C=O) groups is 2. The lowest BCUT2D eigenvalue weighted by atomic mass is 9.96. The monoisotopic (exact) mass is 533 g/mol. The summed E-state index contributed by atoms with van der Waals surface area (Å²) in [5.74, 6) is 0.148. The number of hydrogen-bond acceptors (Lipinski definition) is 8. The number of nitrogens with one attached hydrogen (secondary N) is 1. The van der Waals surface area contributed by atoms with Gasteiger partial charge in [-0.05, 0) is 57.0 Å². The molecule has 5 rings (SSSR count). The molecule has 0 radical (unpaired) electrons. The van der Waals surface area contributed by atoms with E-state index in [1.807, 2.05) is 39.0 Å². The number of pyridine rings is 1. The van der Waals surface area contributed by atoms with Gasteiger partial charge >= 0.3 is 6.09 Å². The van der Waals surface area contributed by atoms with Gasteiger partial charge in [-0.25, -0.2) is 24.1 Å². The molecule has 11 heteroatoms. The number of rotatable bonds is 4. The van der Waals surface area contributed by atoms with Crippen molar-refractivity contribution in [2.24, 2.45) is 0 Å². The Labute approximate surface area is 226 Å². The van der Waals surface area contributed by atoms with E-state index in [0.717, 1.165) is 17.4 Å². The lowest BCUT2D eigenvalue weighted by molar-refractivity contribution is 0.0240. The maximum absolute atomic E-state index is 14.7. The molecule has 1 saturated heterocycles. The number of carbonyl (C=O) groups excluding carboxylic acids is 2. The Balaban J connectivity index is 1.24. The molecule has 0 bridgehead atoms. The molecule has 2 aromatic heterocycles. The quantitative estimate of drug-likeness (QED) is 0.535. The molecule has 0 unspecified atom stereocenters. The summed E-state index contributed by atoms with van der Waals surface area (Å²) in [6, 6.07) is 9.00. The molecule has 0 aliphatic carbocycles. The average Bonchev–Trinajstić information content (AvgIpc) is 2.91. The molecular weight excluding hydrogens is 501 g/mol. The summed E-state index contributed by atoms with van der Waals surface area (Å²) in [6.07, 6.45) is 3.28. The van der Waals surface area contributed by atoms with E-state index < -0.39 is 11.4 Å². The Kier molecular flexibility index (Phi) is 7.07. The van der Waals surface area contributed by atoms with Crippen molar-refractivity contribution >= 4 is 29.5 Å². The summed E-state index contributed by atoms with van der Waals surface area (Å²) >= 11 is 0. The number of amides is 2. The van der Waals surface area contributed by atoms with Crippen LogP contribution in [-0.2, 0) is 11.2 Å². The summed E-state index contributed by atoms with van der Waals surface area (Å²) in [7, 11) is 1.77. The van der Waals surface area contributed by atoms with Gasteiger partial charge in [0.05, 0.1) is 18.1 Å². The SMILES string of the molecule is CN1CCc2cc(-c3nc(Nc4ccc(N5CCN(C(=O)OC(C)(C)C)CC5)cn4)ncc3F)ccc2C1=O. The summed E-state index contributed by atoms with van der Waals surface area (Å²) in [5.41, 5.74) is 2.67. The van der Waals surface area contributed by atoms with E-state index in [4.69, 9.17) is 4.74 Å². The lowest BCUT2D eigenvalue weighted by Gasteiger charge is -2.36. The van der Waals surface area contributed by atoms with Gasteiger partial charge < -0.3 is 24.8 Å². The molecule has 1 aromatic carbocycles. The van der Waals surface area contributed by atoms with E-state index in [1.165, 1.54) is 0 Å². The molecular formula is C28H32FN7O3. The smallest absolute Gasteiger partial charge is 0.410 e. The largest absolute Gasteiger partial charge is 0.444 e. The van der Waals surface area contributed by atoms with Crippen LogP contribution in [0.15, 0.2) is 42.7 Å². The molecule has 0 atom stereocenters. The molecule has 204 valence electrons. The number of hydrogen-bond donors (Lipinski definition) is 1. The van der Waals surface area contributed by atoms with Crippen LogP contribution in [-0.4, -0.2) is 82.1 Å². The second-order valence-corrected chi connectivity index (χ2v) is 10.7. The van der Waals surface area contributed by atoms with Gasteiger partial charge in [0, 0.05) is 50.9 Å². The molecule has 2 aliphatic heterocycles. The second kappa shape index (κ2) is 10.5. The van der Waals surface area contributed by atoms with E-state index in [1.54, 1.807) is 35.2 Å². The highest BCUT2D eigenvalue weighted by atomic mass is 19.1. The molecule has 0 saturated carbocycles. The van der Waals surface area contributed by atoms with Crippen LogP contribution in [0, 0.1) is 5.82 Å². The van der Waals surface area contributed by atoms with Gasteiger partial charge in [-0.15, -0.1) is 0 Å². The van der Waals surface area contributed by atoms with Crippen LogP contribution < -0.4 is 10.2 Å². The van der Waals surface area contributed by atoms with Crippen molar-refractivity contribution in [2.75, 3.05) is 50.0 Å². The van der Waals surface area contributed by atoms with Crippen molar-refractivity contribution in [1.29, 1.82) is 0 Å². The summed E-state index contributed by atoms with van der Waals surface area (Å²) in [5, 5.41) is 3.04. The van der Waals surface area contributed by atoms with Gasteiger partial charge in [0.25, 0.3) is 5.91 Å². The van der Waals surface area contributed by atoms with E-state index in [2.05, 4.69) is 25.2 Å². The van der Waals surface area contributed by atoms with Gasteiger partial charge in [-0.2, -0.15) is 0 Å². The maximum atomic E-state index is 14.7. The minimum atomic E-state index is -0.548. The minimum absolute atomic E-state index is 0.0345. The second-order valence-electron chi connectivity index (χ2n) is 10.7. The van der Waals surface area contributed by atoms with Crippen LogP contribution in [0.3, 0.4) is 0 Å². The van der Waals surface area contributed by atoms with Crippen LogP contribution in [0.1, 0.15) is 36.7 Å². The topological polar surface area (TPSA) is 104 Å². The van der Waals surface area contributed by atoms with Crippen molar-refractivity contribution in [3.05, 3.63) is 59.7 Å². The van der Waals surface area contributed by atoms with Crippen molar-refractivity contribution in [3.8, 4) is 11.3 Å². The summed E-state index contributed by atoms with van der Waals surface area (Å²) in [6.45, 7) is 8.66. The first kappa shape index (κ1) is 26.3. The molecule has 1 fully saturated rings. The third kappa shape index (κ3) is 5.92. The predicted molar refractivity (Wildman–Crippen MR) is 146 cm³/mol. The molecule has 3 aromatic rings. The molecule has 0 spiro atoms. The highest BCUT2D eigenvalue weighted by molar-refractivity contribution is 5.97. The number of fused-ring (bicyclic) bond motifs is 1. The number of likely N-dealkylation sites (N-methyl/N-ethyl adjacent to an activating group) is 1. The van der Waals surface area contributed by atoms with Gasteiger partial charge in [-0.3, -0.25) is 4.79 Å². The van der Waals surface area contributed by atoms with Gasteiger partial charge in [0.15, 0.2) is 5.82 Å². The average molecular weight is 534 g/mol. The Morgan fingerprint density at radius 1 is 1.03 bits per heavy atom. The molecule has 1 N–H and O–H groups in total. The first-order chi connectivity index (χ1) is 18.6. The number of ether oxygens (including phenoxy) is 1. The van der Waals surface area contributed by atoms with Crippen LogP contribution >= 0.6 is 0 Å². The zero-order valence-corrected chi connectivity index (χ0v) is 22.6. The third-order valence-corrected chi connectivity index (χ3v) is 6.70. The first-order valence-corrected chi connectivity index (χ1v) is 12.9.